The third-order valence-corrected chi connectivity index (χ3v) is 6.28. The molecule has 9 heteroatoms. The highest BCUT2D eigenvalue weighted by Crippen LogP contribution is 2.17. The molecular formula is C20H31N3O5S. The van der Waals surface area contributed by atoms with Crippen molar-refractivity contribution in [2.24, 2.45) is 5.92 Å². The molecule has 0 aliphatic carbocycles. The minimum atomic E-state index is -3.87. The number of likely N-dealkylation sites (tertiary alicyclic amines) is 1. The average Bonchev–Trinajstić information content (AvgIpc) is 3.21. The van der Waals surface area contributed by atoms with Crippen molar-refractivity contribution in [2.75, 3.05) is 26.7 Å². The van der Waals surface area contributed by atoms with Gasteiger partial charge in [0, 0.05) is 26.1 Å². The quantitative estimate of drug-likeness (QED) is 0.591. The summed E-state index contributed by atoms with van der Waals surface area (Å²) in [5.41, 5.74) is 0. The molecule has 0 radical (unpaired) electrons. The molecule has 1 fully saturated rings. The highest BCUT2D eigenvalue weighted by atomic mass is 32.2. The van der Waals surface area contributed by atoms with E-state index >= 15 is 0 Å². The molecule has 1 aliphatic rings. The summed E-state index contributed by atoms with van der Waals surface area (Å²) in [5.74, 6) is 0.241. The molecule has 1 aromatic carbocycles. The van der Waals surface area contributed by atoms with Gasteiger partial charge in [0.05, 0.1) is 12.0 Å². The molecule has 0 aromatic heterocycles. The van der Waals surface area contributed by atoms with E-state index in [0.29, 0.717) is 12.2 Å². The van der Waals surface area contributed by atoms with Crippen molar-refractivity contribution < 1.29 is 22.7 Å². The van der Waals surface area contributed by atoms with Crippen LogP contribution in [0.15, 0.2) is 29.2 Å². The fraction of sp³-hybridized carbons (Fsp3) is 0.600. The zero-order valence-electron chi connectivity index (χ0n) is 17.3. The number of ether oxygens (including phenoxy) is 1. The summed E-state index contributed by atoms with van der Waals surface area (Å²) in [6.07, 6.45) is 2.59. The van der Waals surface area contributed by atoms with Gasteiger partial charge in [0.1, 0.15) is 11.8 Å². The minimum Gasteiger partial charge on any atom is -0.497 e. The van der Waals surface area contributed by atoms with E-state index in [1.165, 1.54) is 19.2 Å². The zero-order valence-corrected chi connectivity index (χ0v) is 18.1. The van der Waals surface area contributed by atoms with Crippen LogP contribution in [-0.2, 0) is 19.6 Å². The van der Waals surface area contributed by atoms with Gasteiger partial charge in [0.25, 0.3) is 0 Å². The largest absolute Gasteiger partial charge is 0.497 e. The first-order valence-corrected chi connectivity index (χ1v) is 11.4. The Morgan fingerprint density at radius 2 is 1.76 bits per heavy atom. The average molecular weight is 426 g/mol. The number of carbonyl (C=O) groups is 2. The Hall–Kier alpha value is -2.13. The van der Waals surface area contributed by atoms with Crippen LogP contribution in [0.5, 0.6) is 5.75 Å². The topological polar surface area (TPSA) is 105 Å². The monoisotopic (exact) mass is 425 g/mol. The first-order valence-electron chi connectivity index (χ1n) is 9.95. The lowest BCUT2D eigenvalue weighted by Gasteiger charge is -2.21. The Bertz CT molecular complexity index is 787. The Morgan fingerprint density at radius 3 is 2.31 bits per heavy atom. The lowest BCUT2D eigenvalue weighted by molar-refractivity contribution is -0.130. The summed E-state index contributed by atoms with van der Waals surface area (Å²) in [4.78, 5) is 26.6. The van der Waals surface area contributed by atoms with Gasteiger partial charge in [-0.3, -0.25) is 9.59 Å². The third kappa shape index (κ3) is 7.01. The van der Waals surface area contributed by atoms with E-state index in [0.717, 1.165) is 25.9 Å². The molecule has 1 atom stereocenters. The Morgan fingerprint density at radius 1 is 1.14 bits per heavy atom. The summed E-state index contributed by atoms with van der Waals surface area (Å²) in [5, 5.41) is 2.70. The summed E-state index contributed by atoms with van der Waals surface area (Å²) < 4.78 is 32.9. The Kier molecular flexibility index (Phi) is 8.45. The molecule has 2 N–H and O–H groups in total. The number of hydrogen-bond acceptors (Lipinski definition) is 5. The van der Waals surface area contributed by atoms with Crippen molar-refractivity contribution in [3.05, 3.63) is 24.3 Å². The van der Waals surface area contributed by atoms with Crippen LogP contribution in [0.3, 0.4) is 0 Å². The van der Waals surface area contributed by atoms with Crippen LogP contribution in [0, 0.1) is 5.92 Å². The molecule has 8 nitrogen and oxygen atoms in total. The molecule has 0 bridgehead atoms. The molecule has 2 rings (SSSR count). The maximum absolute atomic E-state index is 12.7. The SMILES string of the molecule is COc1ccc(S(=O)(=O)N[C@H](CC(C)C)C(=O)NCCC(=O)N2CCCC2)cc1. The molecule has 0 spiro atoms. The molecule has 1 heterocycles. The number of carbonyl (C=O) groups excluding carboxylic acids is 2. The molecule has 0 saturated carbocycles. The number of benzene rings is 1. The standard InChI is InChI=1S/C20H31N3O5S/c1-15(2)14-18(20(25)21-11-10-19(24)23-12-4-5-13-23)22-29(26,27)17-8-6-16(28-3)7-9-17/h6-9,15,18,22H,4-5,10-14H2,1-3H3,(H,21,25)/t18-/m1/s1. The normalized spacial score (nSPS) is 15.4. The van der Waals surface area contributed by atoms with Crippen LogP contribution in [0.25, 0.3) is 0 Å². The van der Waals surface area contributed by atoms with Crippen LogP contribution in [0.1, 0.15) is 39.5 Å². The van der Waals surface area contributed by atoms with Gasteiger partial charge in [0.15, 0.2) is 0 Å². The minimum absolute atomic E-state index is 0.0158. The lowest BCUT2D eigenvalue weighted by Crippen LogP contribution is -2.48. The van der Waals surface area contributed by atoms with Gasteiger partial charge >= 0.3 is 0 Å². The summed E-state index contributed by atoms with van der Waals surface area (Å²) in [6, 6.07) is 5.05. The van der Waals surface area contributed by atoms with Gasteiger partial charge in [-0.2, -0.15) is 4.72 Å². The smallest absolute Gasteiger partial charge is 0.241 e. The molecule has 29 heavy (non-hydrogen) atoms. The van der Waals surface area contributed by atoms with Crippen molar-refractivity contribution in [1.82, 2.24) is 14.9 Å². The van der Waals surface area contributed by atoms with Crippen LogP contribution in [0.4, 0.5) is 0 Å². The van der Waals surface area contributed by atoms with Crippen molar-refractivity contribution in [1.29, 1.82) is 0 Å². The fourth-order valence-corrected chi connectivity index (χ4v) is 4.44. The van der Waals surface area contributed by atoms with E-state index in [4.69, 9.17) is 4.74 Å². The molecule has 1 aromatic rings. The van der Waals surface area contributed by atoms with Crippen LogP contribution in [0.2, 0.25) is 0 Å². The van der Waals surface area contributed by atoms with Crippen molar-refractivity contribution in [3.8, 4) is 5.75 Å². The van der Waals surface area contributed by atoms with E-state index in [1.807, 2.05) is 13.8 Å². The van der Waals surface area contributed by atoms with E-state index in [9.17, 15) is 18.0 Å². The van der Waals surface area contributed by atoms with Gasteiger partial charge in [-0.05, 0) is 49.4 Å². The Balaban J connectivity index is 1.97. The van der Waals surface area contributed by atoms with E-state index in [1.54, 1.807) is 17.0 Å². The van der Waals surface area contributed by atoms with Gasteiger partial charge in [0.2, 0.25) is 21.8 Å². The van der Waals surface area contributed by atoms with E-state index in [2.05, 4.69) is 10.0 Å². The van der Waals surface area contributed by atoms with Gasteiger partial charge in [-0.25, -0.2) is 8.42 Å². The fourth-order valence-electron chi connectivity index (χ4n) is 3.23. The summed E-state index contributed by atoms with van der Waals surface area (Å²) in [7, 11) is -2.37. The van der Waals surface area contributed by atoms with Crippen molar-refractivity contribution in [2.45, 2.75) is 50.5 Å². The van der Waals surface area contributed by atoms with Gasteiger partial charge in [-0.15, -0.1) is 0 Å². The molecule has 2 amide bonds. The first kappa shape index (κ1) is 23.2. The second-order valence-corrected chi connectivity index (χ2v) is 9.32. The number of hydrogen-bond donors (Lipinski definition) is 2. The van der Waals surface area contributed by atoms with Crippen LogP contribution in [-0.4, -0.2) is 57.9 Å². The zero-order chi connectivity index (χ0) is 21.4. The first-order chi connectivity index (χ1) is 13.7. The molecule has 1 saturated heterocycles. The Labute approximate surface area is 173 Å². The molecule has 1 aliphatic heterocycles. The summed E-state index contributed by atoms with van der Waals surface area (Å²) in [6.45, 7) is 5.56. The second-order valence-electron chi connectivity index (χ2n) is 7.61. The number of rotatable bonds is 10. The number of sulfonamides is 1. The van der Waals surface area contributed by atoms with Crippen molar-refractivity contribution >= 4 is 21.8 Å². The van der Waals surface area contributed by atoms with E-state index in [-0.39, 0.29) is 29.7 Å². The number of nitrogens with one attached hydrogen (secondary N) is 2. The number of amides is 2. The third-order valence-electron chi connectivity index (χ3n) is 4.79. The summed E-state index contributed by atoms with van der Waals surface area (Å²) >= 11 is 0. The van der Waals surface area contributed by atoms with Gasteiger partial charge in [-0.1, -0.05) is 13.8 Å². The molecule has 0 unspecified atom stereocenters. The van der Waals surface area contributed by atoms with E-state index < -0.39 is 22.0 Å². The van der Waals surface area contributed by atoms with Crippen LogP contribution >= 0.6 is 0 Å². The lowest BCUT2D eigenvalue weighted by atomic mass is 10.0. The number of methoxy groups -OCH3 is 1. The van der Waals surface area contributed by atoms with Gasteiger partial charge < -0.3 is 15.0 Å². The molecular weight excluding hydrogens is 394 g/mol. The number of nitrogens with zero attached hydrogens (tertiary/aromatic N) is 1. The maximum Gasteiger partial charge on any atom is 0.241 e. The maximum atomic E-state index is 12.7. The highest BCUT2D eigenvalue weighted by molar-refractivity contribution is 7.89. The second kappa shape index (κ2) is 10.6. The predicted molar refractivity (Wildman–Crippen MR) is 110 cm³/mol. The molecule has 162 valence electrons. The van der Waals surface area contributed by atoms with Crippen LogP contribution < -0.4 is 14.8 Å². The van der Waals surface area contributed by atoms with Crippen molar-refractivity contribution in [3.63, 3.8) is 0 Å². The predicted octanol–water partition coefficient (Wildman–Crippen LogP) is 1.52. The highest BCUT2D eigenvalue weighted by Gasteiger charge is 2.27.